The first kappa shape index (κ1) is 18.1. The van der Waals surface area contributed by atoms with Crippen molar-refractivity contribution in [1.29, 1.82) is 0 Å². The lowest BCUT2D eigenvalue weighted by Crippen LogP contribution is -2.12. The Labute approximate surface area is 169 Å². The van der Waals surface area contributed by atoms with Crippen molar-refractivity contribution in [2.45, 2.75) is 0 Å². The highest BCUT2D eigenvalue weighted by molar-refractivity contribution is 9.10. The standard InChI is InChI=1S/C22H15BrFN3O/c23-16-8-12-18(13-9-16)25-22(28)20-14-27(19-4-2-1-3-5-19)26-21(20)15-6-10-17(24)11-7-15/h1-14H,(H,25,28). The minimum atomic E-state index is -0.341. The smallest absolute Gasteiger partial charge is 0.259 e. The molecule has 138 valence electrons. The maximum absolute atomic E-state index is 13.3. The van der Waals surface area contributed by atoms with Crippen LogP contribution in [-0.2, 0) is 0 Å². The van der Waals surface area contributed by atoms with Crippen molar-refractivity contribution in [2.24, 2.45) is 0 Å². The lowest BCUT2D eigenvalue weighted by molar-refractivity contribution is 0.102. The van der Waals surface area contributed by atoms with E-state index in [2.05, 4.69) is 26.3 Å². The van der Waals surface area contributed by atoms with E-state index in [4.69, 9.17) is 0 Å². The van der Waals surface area contributed by atoms with Crippen LogP contribution < -0.4 is 5.32 Å². The van der Waals surface area contributed by atoms with Gasteiger partial charge in [0, 0.05) is 21.9 Å². The minimum Gasteiger partial charge on any atom is -0.322 e. The van der Waals surface area contributed by atoms with Gasteiger partial charge in [-0.05, 0) is 60.7 Å². The molecule has 0 aliphatic rings. The van der Waals surface area contributed by atoms with E-state index in [1.54, 1.807) is 35.1 Å². The van der Waals surface area contributed by atoms with Gasteiger partial charge >= 0.3 is 0 Å². The molecular weight excluding hydrogens is 421 g/mol. The van der Waals surface area contributed by atoms with Crippen LogP contribution in [0.3, 0.4) is 0 Å². The molecule has 0 saturated heterocycles. The summed E-state index contributed by atoms with van der Waals surface area (Å²) in [4.78, 5) is 13.0. The van der Waals surface area contributed by atoms with Crippen molar-refractivity contribution in [1.82, 2.24) is 9.78 Å². The molecule has 6 heteroatoms. The van der Waals surface area contributed by atoms with E-state index in [1.807, 2.05) is 42.5 Å². The normalized spacial score (nSPS) is 10.6. The average Bonchev–Trinajstić information content (AvgIpc) is 3.17. The number of carbonyl (C=O) groups excluding carboxylic acids is 1. The van der Waals surface area contributed by atoms with Crippen molar-refractivity contribution in [3.63, 3.8) is 0 Å². The first-order valence-corrected chi connectivity index (χ1v) is 9.37. The minimum absolute atomic E-state index is 0.288. The molecule has 0 unspecified atom stereocenters. The molecule has 4 rings (SSSR count). The van der Waals surface area contributed by atoms with Gasteiger partial charge in [-0.25, -0.2) is 9.07 Å². The van der Waals surface area contributed by atoms with Crippen molar-refractivity contribution in [3.8, 4) is 16.9 Å². The molecule has 0 bridgehead atoms. The average molecular weight is 436 g/mol. The second-order valence-electron chi connectivity index (χ2n) is 6.14. The van der Waals surface area contributed by atoms with E-state index < -0.39 is 0 Å². The monoisotopic (exact) mass is 435 g/mol. The number of nitrogens with zero attached hydrogens (tertiary/aromatic N) is 2. The number of rotatable bonds is 4. The molecule has 4 aromatic rings. The fourth-order valence-corrected chi connectivity index (χ4v) is 3.07. The zero-order valence-corrected chi connectivity index (χ0v) is 16.2. The Morgan fingerprint density at radius 3 is 2.29 bits per heavy atom. The number of anilines is 1. The lowest BCUT2D eigenvalue weighted by Gasteiger charge is -2.05. The molecule has 0 radical (unpaired) electrons. The molecule has 0 atom stereocenters. The van der Waals surface area contributed by atoms with Gasteiger partial charge in [0.1, 0.15) is 11.5 Å². The van der Waals surface area contributed by atoms with Crippen LogP contribution in [0.5, 0.6) is 0 Å². The summed E-state index contributed by atoms with van der Waals surface area (Å²) in [6, 6.07) is 22.8. The summed E-state index contributed by atoms with van der Waals surface area (Å²) >= 11 is 3.38. The second-order valence-corrected chi connectivity index (χ2v) is 7.06. The van der Waals surface area contributed by atoms with Crippen molar-refractivity contribution >= 4 is 27.5 Å². The van der Waals surface area contributed by atoms with E-state index in [1.165, 1.54) is 12.1 Å². The molecule has 0 saturated carbocycles. The third-order valence-electron chi connectivity index (χ3n) is 4.20. The highest BCUT2D eigenvalue weighted by atomic mass is 79.9. The van der Waals surface area contributed by atoms with Crippen LogP contribution in [0.15, 0.2) is 89.5 Å². The van der Waals surface area contributed by atoms with Crippen molar-refractivity contribution in [3.05, 3.63) is 101 Å². The van der Waals surface area contributed by atoms with Gasteiger partial charge in [0.15, 0.2) is 0 Å². The zero-order valence-electron chi connectivity index (χ0n) is 14.6. The highest BCUT2D eigenvalue weighted by Gasteiger charge is 2.19. The van der Waals surface area contributed by atoms with Gasteiger partial charge in [-0.3, -0.25) is 4.79 Å². The number of carbonyl (C=O) groups is 1. The van der Waals surface area contributed by atoms with Gasteiger partial charge in [-0.2, -0.15) is 5.10 Å². The van der Waals surface area contributed by atoms with Crippen LogP contribution in [0.25, 0.3) is 16.9 Å². The van der Waals surface area contributed by atoms with Gasteiger partial charge in [0.25, 0.3) is 5.91 Å². The van der Waals surface area contributed by atoms with Gasteiger partial charge in [-0.15, -0.1) is 0 Å². The Morgan fingerprint density at radius 1 is 0.929 bits per heavy atom. The van der Waals surface area contributed by atoms with Crippen LogP contribution in [-0.4, -0.2) is 15.7 Å². The largest absolute Gasteiger partial charge is 0.322 e. The molecule has 1 heterocycles. The molecule has 1 amide bonds. The van der Waals surface area contributed by atoms with Crippen LogP contribution in [0.2, 0.25) is 0 Å². The Morgan fingerprint density at radius 2 is 1.61 bits per heavy atom. The Kier molecular flexibility index (Phi) is 5.04. The molecule has 1 N–H and O–H groups in total. The van der Waals surface area contributed by atoms with Crippen LogP contribution in [0.1, 0.15) is 10.4 Å². The van der Waals surface area contributed by atoms with Gasteiger partial charge < -0.3 is 5.32 Å². The quantitative estimate of drug-likeness (QED) is 0.447. The zero-order chi connectivity index (χ0) is 19.5. The fraction of sp³-hybridized carbons (Fsp3) is 0. The van der Waals surface area contributed by atoms with Crippen LogP contribution >= 0.6 is 15.9 Å². The van der Waals surface area contributed by atoms with Crippen molar-refractivity contribution < 1.29 is 9.18 Å². The number of para-hydroxylation sites is 1. The van der Waals surface area contributed by atoms with E-state index in [0.29, 0.717) is 22.5 Å². The van der Waals surface area contributed by atoms with Gasteiger partial charge in [0.05, 0.1) is 11.3 Å². The fourth-order valence-electron chi connectivity index (χ4n) is 2.81. The SMILES string of the molecule is O=C(Nc1ccc(Br)cc1)c1cn(-c2ccccc2)nc1-c1ccc(F)cc1. The number of benzene rings is 3. The van der Waals surface area contributed by atoms with Crippen LogP contribution in [0.4, 0.5) is 10.1 Å². The predicted molar refractivity (Wildman–Crippen MR) is 111 cm³/mol. The Hall–Kier alpha value is -3.25. The van der Waals surface area contributed by atoms with E-state index in [0.717, 1.165) is 10.2 Å². The molecule has 0 spiro atoms. The highest BCUT2D eigenvalue weighted by Crippen LogP contribution is 2.25. The summed E-state index contributed by atoms with van der Waals surface area (Å²) in [7, 11) is 0. The van der Waals surface area contributed by atoms with Crippen molar-refractivity contribution in [2.75, 3.05) is 5.32 Å². The molecule has 28 heavy (non-hydrogen) atoms. The summed E-state index contributed by atoms with van der Waals surface area (Å²) in [5.74, 6) is -0.629. The third-order valence-corrected chi connectivity index (χ3v) is 4.73. The van der Waals surface area contributed by atoms with Crippen LogP contribution in [0, 0.1) is 5.82 Å². The number of amides is 1. The summed E-state index contributed by atoms with van der Waals surface area (Å²) in [5, 5.41) is 7.47. The molecular formula is C22H15BrFN3O. The maximum atomic E-state index is 13.3. The number of hydrogen-bond donors (Lipinski definition) is 1. The number of halogens is 2. The molecule has 0 aliphatic carbocycles. The summed E-state index contributed by atoms with van der Waals surface area (Å²) in [6.07, 6.45) is 1.68. The van der Waals surface area contributed by atoms with E-state index in [9.17, 15) is 9.18 Å². The molecule has 0 fully saturated rings. The van der Waals surface area contributed by atoms with Gasteiger partial charge in [-0.1, -0.05) is 34.1 Å². The molecule has 0 aliphatic heterocycles. The summed E-state index contributed by atoms with van der Waals surface area (Å²) in [5.41, 5.74) is 3.05. The maximum Gasteiger partial charge on any atom is 0.259 e. The molecule has 3 aromatic carbocycles. The van der Waals surface area contributed by atoms with Gasteiger partial charge in [0.2, 0.25) is 0 Å². The van der Waals surface area contributed by atoms with E-state index >= 15 is 0 Å². The number of aromatic nitrogens is 2. The topological polar surface area (TPSA) is 46.9 Å². The first-order valence-electron chi connectivity index (χ1n) is 8.58. The Balaban J connectivity index is 1.75. The molecule has 4 nitrogen and oxygen atoms in total. The molecule has 1 aromatic heterocycles. The predicted octanol–water partition coefficient (Wildman–Crippen LogP) is 5.69. The lowest BCUT2D eigenvalue weighted by atomic mass is 10.1. The number of hydrogen-bond acceptors (Lipinski definition) is 2. The second kappa shape index (κ2) is 7.78. The summed E-state index contributed by atoms with van der Waals surface area (Å²) in [6.45, 7) is 0. The third kappa shape index (κ3) is 3.87. The number of nitrogens with one attached hydrogen (secondary N) is 1. The Bertz CT molecular complexity index is 1110. The van der Waals surface area contributed by atoms with E-state index in [-0.39, 0.29) is 11.7 Å². The summed E-state index contributed by atoms with van der Waals surface area (Å²) < 4.78 is 15.9. The first-order chi connectivity index (χ1) is 13.6.